The number of Topliss-reactive ketones (excluding diaryl/α,β-unsaturated/α-hetero) is 1. The van der Waals surface area contributed by atoms with Crippen molar-refractivity contribution in [1.82, 2.24) is 0 Å². The highest BCUT2D eigenvalue weighted by Crippen LogP contribution is 2.26. The second kappa shape index (κ2) is 6.22. The van der Waals surface area contributed by atoms with Crippen molar-refractivity contribution in [3.8, 4) is 0 Å². The first-order valence-corrected chi connectivity index (χ1v) is 7.29. The lowest BCUT2D eigenvalue weighted by Gasteiger charge is -2.27. The molecule has 1 saturated carbocycles. The van der Waals surface area contributed by atoms with Crippen molar-refractivity contribution in [1.29, 1.82) is 0 Å². The third-order valence-corrected chi connectivity index (χ3v) is 4.19. The lowest BCUT2D eigenvalue weighted by atomic mass is 9.96. The fourth-order valence-corrected chi connectivity index (χ4v) is 2.91. The molecule has 0 aromatic heterocycles. The van der Waals surface area contributed by atoms with E-state index in [1.165, 1.54) is 5.56 Å². The van der Waals surface area contributed by atoms with Gasteiger partial charge in [0.05, 0.1) is 18.0 Å². The van der Waals surface area contributed by atoms with Gasteiger partial charge < -0.3 is 4.74 Å². The lowest BCUT2D eigenvalue weighted by Crippen LogP contribution is -2.31. The van der Waals surface area contributed by atoms with Gasteiger partial charge in [-0.15, -0.1) is 0 Å². The minimum absolute atomic E-state index is 0.143. The van der Waals surface area contributed by atoms with Crippen LogP contribution in [0.15, 0.2) is 30.3 Å². The van der Waals surface area contributed by atoms with Crippen molar-refractivity contribution in [3.63, 3.8) is 0 Å². The van der Waals surface area contributed by atoms with Crippen LogP contribution in [0.2, 0.25) is 0 Å². The summed E-state index contributed by atoms with van der Waals surface area (Å²) in [5.74, 6) is 0.386. The van der Waals surface area contributed by atoms with Crippen molar-refractivity contribution in [2.75, 3.05) is 6.26 Å². The van der Waals surface area contributed by atoms with Gasteiger partial charge in [0, 0.05) is 6.42 Å². The molecule has 17 heavy (non-hydrogen) atoms. The Kier molecular flexibility index (Phi) is 4.63. The zero-order valence-corrected chi connectivity index (χ0v) is 10.9. The molecule has 2 unspecified atom stereocenters. The average Bonchev–Trinajstić information content (AvgIpc) is 2.39. The molecule has 0 N–H and O–H groups in total. The van der Waals surface area contributed by atoms with Crippen LogP contribution in [0.25, 0.3) is 0 Å². The number of hydrogen-bond acceptors (Lipinski definition) is 3. The largest absolute Gasteiger partial charge is 0.373 e. The fourth-order valence-electron chi connectivity index (χ4n) is 2.12. The molecule has 0 amide bonds. The van der Waals surface area contributed by atoms with Crippen molar-refractivity contribution >= 4 is 17.5 Å². The number of ether oxygens (including phenoxy) is 1. The molecule has 2 atom stereocenters. The topological polar surface area (TPSA) is 26.3 Å². The maximum absolute atomic E-state index is 11.6. The zero-order chi connectivity index (χ0) is 12.1. The molecule has 0 heterocycles. The van der Waals surface area contributed by atoms with Crippen LogP contribution in [-0.4, -0.2) is 23.4 Å². The second-order valence-corrected chi connectivity index (χ2v) is 5.42. The summed E-state index contributed by atoms with van der Waals surface area (Å²) in [5.41, 5.74) is 1.20. The Labute approximate surface area is 107 Å². The third-order valence-electron chi connectivity index (χ3n) is 3.16. The van der Waals surface area contributed by atoms with Crippen LogP contribution < -0.4 is 0 Å². The monoisotopic (exact) mass is 250 g/mol. The highest BCUT2D eigenvalue weighted by molar-refractivity contribution is 7.99. The van der Waals surface area contributed by atoms with Crippen LogP contribution in [-0.2, 0) is 16.1 Å². The van der Waals surface area contributed by atoms with Crippen LogP contribution in [0.5, 0.6) is 0 Å². The molecular weight excluding hydrogens is 232 g/mol. The van der Waals surface area contributed by atoms with Crippen LogP contribution in [0, 0.1) is 0 Å². The summed E-state index contributed by atoms with van der Waals surface area (Å²) in [5, 5.41) is 0.143. The first-order chi connectivity index (χ1) is 8.29. The van der Waals surface area contributed by atoms with Gasteiger partial charge in [0.2, 0.25) is 0 Å². The minimum atomic E-state index is 0.143. The number of thioether (sulfide) groups is 1. The Morgan fingerprint density at radius 1 is 1.35 bits per heavy atom. The molecule has 3 heteroatoms. The second-order valence-electron chi connectivity index (χ2n) is 4.38. The molecule has 2 nitrogen and oxygen atoms in total. The van der Waals surface area contributed by atoms with Gasteiger partial charge in [-0.05, 0) is 24.7 Å². The van der Waals surface area contributed by atoms with E-state index in [1.807, 2.05) is 24.5 Å². The number of carbonyl (C=O) groups is 1. The van der Waals surface area contributed by atoms with Gasteiger partial charge in [-0.1, -0.05) is 30.3 Å². The number of carbonyl (C=O) groups excluding carboxylic acids is 1. The SMILES string of the molecule is CSC1CC(OCc2ccccc2)CCC1=O. The number of benzene rings is 1. The number of ketones is 1. The molecular formula is C14H18O2S. The fraction of sp³-hybridized carbons (Fsp3) is 0.500. The molecule has 0 bridgehead atoms. The van der Waals surface area contributed by atoms with E-state index in [-0.39, 0.29) is 11.4 Å². The summed E-state index contributed by atoms with van der Waals surface area (Å²) in [6, 6.07) is 10.2. The summed E-state index contributed by atoms with van der Waals surface area (Å²) in [6.45, 7) is 0.654. The van der Waals surface area contributed by atoms with Crippen LogP contribution in [0.1, 0.15) is 24.8 Å². The Balaban J connectivity index is 1.82. The van der Waals surface area contributed by atoms with Crippen LogP contribution >= 0.6 is 11.8 Å². The number of rotatable bonds is 4. The average molecular weight is 250 g/mol. The van der Waals surface area contributed by atoms with E-state index in [2.05, 4.69) is 12.1 Å². The molecule has 0 aliphatic heterocycles. The first kappa shape index (κ1) is 12.7. The van der Waals surface area contributed by atoms with E-state index in [9.17, 15) is 4.79 Å². The predicted octanol–water partition coefficient (Wildman–Crippen LogP) is 3.06. The molecule has 1 aromatic carbocycles. The van der Waals surface area contributed by atoms with E-state index in [0.717, 1.165) is 12.8 Å². The van der Waals surface area contributed by atoms with E-state index in [4.69, 9.17) is 4.74 Å². The first-order valence-electron chi connectivity index (χ1n) is 6.00. The van der Waals surface area contributed by atoms with Crippen LogP contribution in [0.4, 0.5) is 0 Å². The van der Waals surface area contributed by atoms with Gasteiger partial charge in [-0.3, -0.25) is 4.79 Å². The highest BCUT2D eigenvalue weighted by Gasteiger charge is 2.28. The Bertz CT molecular complexity index is 364. The predicted molar refractivity (Wildman–Crippen MR) is 71.2 cm³/mol. The third kappa shape index (κ3) is 3.58. The Morgan fingerprint density at radius 3 is 2.82 bits per heavy atom. The summed E-state index contributed by atoms with van der Waals surface area (Å²) in [6.07, 6.45) is 4.66. The summed E-state index contributed by atoms with van der Waals surface area (Å²) in [4.78, 5) is 11.6. The standard InChI is InChI=1S/C14H18O2S/c1-17-14-9-12(7-8-13(14)15)16-10-11-5-3-2-4-6-11/h2-6,12,14H,7-10H2,1H3. The maximum atomic E-state index is 11.6. The summed E-state index contributed by atoms with van der Waals surface area (Å²) >= 11 is 1.65. The molecule has 1 fully saturated rings. The van der Waals surface area contributed by atoms with Crippen molar-refractivity contribution in [3.05, 3.63) is 35.9 Å². The van der Waals surface area contributed by atoms with E-state index in [0.29, 0.717) is 18.8 Å². The number of hydrogen-bond donors (Lipinski definition) is 0. The van der Waals surface area contributed by atoms with Gasteiger partial charge in [0.1, 0.15) is 5.78 Å². The van der Waals surface area contributed by atoms with Gasteiger partial charge in [-0.2, -0.15) is 11.8 Å². The Morgan fingerprint density at radius 2 is 2.12 bits per heavy atom. The zero-order valence-electron chi connectivity index (χ0n) is 10.1. The Hall–Kier alpha value is -0.800. The molecule has 0 spiro atoms. The van der Waals surface area contributed by atoms with Gasteiger partial charge >= 0.3 is 0 Å². The molecule has 1 aromatic rings. The molecule has 0 radical (unpaired) electrons. The smallest absolute Gasteiger partial charge is 0.146 e. The van der Waals surface area contributed by atoms with Gasteiger partial charge in [-0.25, -0.2) is 0 Å². The van der Waals surface area contributed by atoms with E-state index in [1.54, 1.807) is 11.8 Å². The van der Waals surface area contributed by atoms with Crippen LogP contribution in [0.3, 0.4) is 0 Å². The van der Waals surface area contributed by atoms with E-state index < -0.39 is 0 Å². The van der Waals surface area contributed by atoms with E-state index >= 15 is 0 Å². The minimum Gasteiger partial charge on any atom is -0.373 e. The molecule has 2 rings (SSSR count). The van der Waals surface area contributed by atoms with Gasteiger partial charge in [0.15, 0.2) is 0 Å². The lowest BCUT2D eigenvalue weighted by molar-refractivity contribution is -0.122. The maximum Gasteiger partial charge on any atom is 0.146 e. The summed E-state index contributed by atoms with van der Waals surface area (Å²) in [7, 11) is 0. The van der Waals surface area contributed by atoms with Crippen molar-refractivity contribution < 1.29 is 9.53 Å². The highest BCUT2D eigenvalue weighted by atomic mass is 32.2. The van der Waals surface area contributed by atoms with Crippen molar-refractivity contribution in [2.45, 2.75) is 37.2 Å². The van der Waals surface area contributed by atoms with Crippen molar-refractivity contribution in [2.24, 2.45) is 0 Å². The molecule has 1 aliphatic rings. The molecule has 0 saturated heterocycles. The van der Waals surface area contributed by atoms with Gasteiger partial charge in [0.25, 0.3) is 0 Å². The quantitative estimate of drug-likeness (QED) is 0.821. The summed E-state index contributed by atoms with van der Waals surface area (Å²) < 4.78 is 5.88. The normalized spacial score (nSPS) is 24.9. The molecule has 1 aliphatic carbocycles. The molecule has 92 valence electrons.